The molecule has 3 aromatic heterocycles. The Morgan fingerprint density at radius 1 is 0.557 bits per heavy atom. The summed E-state index contributed by atoms with van der Waals surface area (Å²) in [6, 6.07) is 50.0. The van der Waals surface area contributed by atoms with Gasteiger partial charge >= 0.3 is 0 Å². The number of hydrogen-bond donors (Lipinski definition) is 0. The molecule has 1 aliphatic rings. The molecule has 4 heterocycles. The number of para-hydroxylation sites is 4. The van der Waals surface area contributed by atoms with Crippen molar-refractivity contribution in [1.29, 1.82) is 0 Å². The van der Waals surface area contributed by atoms with Crippen LogP contribution in [0.25, 0.3) is 49.6 Å². The largest absolute Gasteiger partial charge is 0.509 e. The first kappa shape index (κ1) is 40.6. The normalized spacial score (nSPS) is 13.4. The fraction of sp³-hybridized carbons (Fsp3) is 0.222. The van der Waals surface area contributed by atoms with E-state index < -0.39 is 0 Å². The third-order valence-corrected chi connectivity index (χ3v) is 11.8. The van der Waals surface area contributed by atoms with Crippen LogP contribution in [-0.2, 0) is 37.3 Å². The Bertz CT molecular complexity index is 3140. The van der Waals surface area contributed by atoms with Crippen LogP contribution in [0.15, 0.2) is 132 Å². The first-order valence-corrected chi connectivity index (χ1v) is 20.8. The van der Waals surface area contributed by atoms with Gasteiger partial charge in [-0.25, -0.2) is 4.98 Å². The van der Waals surface area contributed by atoms with E-state index in [1.807, 2.05) is 18.3 Å². The van der Waals surface area contributed by atoms with Crippen molar-refractivity contribution in [2.75, 3.05) is 9.80 Å². The van der Waals surface area contributed by atoms with Crippen molar-refractivity contribution >= 4 is 66.5 Å². The molecule has 0 saturated heterocycles. The fourth-order valence-corrected chi connectivity index (χ4v) is 8.36. The number of furan rings is 1. The van der Waals surface area contributed by atoms with Crippen molar-refractivity contribution in [3.8, 4) is 17.3 Å². The molecule has 1 aliphatic heterocycles. The van der Waals surface area contributed by atoms with E-state index in [1.54, 1.807) is 0 Å². The molecule has 0 bridgehead atoms. The predicted octanol–water partition coefficient (Wildman–Crippen LogP) is 14.8. The van der Waals surface area contributed by atoms with E-state index >= 15 is 0 Å². The van der Waals surface area contributed by atoms with Crippen LogP contribution in [0.1, 0.15) is 79.0 Å². The molecule has 0 amide bonds. The molecule has 6 aromatic carbocycles. The molecule has 7 heteroatoms. The molecule has 10 rings (SSSR count). The first-order valence-electron chi connectivity index (χ1n) is 20.8. The number of aromatic nitrogens is 2. The van der Waals surface area contributed by atoms with Gasteiger partial charge in [0.05, 0.1) is 5.69 Å². The van der Waals surface area contributed by atoms with E-state index in [-0.39, 0.29) is 37.3 Å². The maximum atomic E-state index is 6.82. The number of fused-ring (bicyclic) bond motifs is 7. The van der Waals surface area contributed by atoms with Gasteiger partial charge in [-0.3, -0.25) is 0 Å². The standard InChI is InChI=1S/C54H49N4O2.Pt/c1-52(2,3)34-24-25-55-50(30-34)58-44-18-12-10-16-40(44)41-23-22-38(32-47(41)58)59-39-27-35(53(4,5)6)26-37(31-39)56-33-57(46-20-14-13-19-45(46)56)48-29-36(54(7,8)9)28-43-42-17-11-15-21-49(42)60-51(43)48;/h10-30,33H,1-9H3;/q-3;. The molecule has 61 heavy (non-hydrogen) atoms. The summed E-state index contributed by atoms with van der Waals surface area (Å²) >= 11 is 0. The van der Waals surface area contributed by atoms with Gasteiger partial charge in [0.15, 0.2) is 5.58 Å². The summed E-state index contributed by atoms with van der Waals surface area (Å²) in [5.74, 6) is 2.07. The Kier molecular flexibility index (Phi) is 9.75. The summed E-state index contributed by atoms with van der Waals surface area (Å²) in [5, 5.41) is 4.45. The number of rotatable bonds is 5. The number of pyridine rings is 1. The second-order valence-corrected chi connectivity index (χ2v) is 19.1. The Balaban J connectivity index is 0.00000476. The summed E-state index contributed by atoms with van der Waals surface area (Å²) in [6.45, 7) is 22.3. The van der Waals surface area contributed by atoms with Gasteiger partial charge in [-0.05, 0) is 81.3 Å². The fourth-order valence-electron chi connectivity index (χ4n) is 8.36. The van der Waals surface area contributed by atoms with Crippen molar-refractivity contribution < 1.29 is 30.2 Å². The number of ether oxygens (including phenoxy) is 1. The molecule has 0 fully saturated rings. The number of hydrogen-bond acceptors (Lipinski definition) is 5. The number of anilines is 4. The van der Waals surface area contributed by atoms with E-state index in [0.717, 1.165) is 77.9 Å². The van der Waals surface area contributed by atoms with Gasteiger partial charge in [-0.1, -0.05) is 116 Å². The zero-order chi connectivity index (χ0) is 41.7. The molecule has 310 valence electrons. The van der Waals surface area contributed by atoms with Crippen LogP contribution in [0, 0.1) is 18.8 Å². The summed E-state index contributed by atoms with van der Waals surface area (Å²) in [6.07, 6.45) is 1.90. The van der Waals surface area contributed by atoms with Crippen molar-refractivity contribution in [1.82, 2.24) is 9.55 Å². The minimum absolute atomic E-state index is 0. The summed E-state index contributed by atoms with van der Waals surface area (Å²) in [7, 11) is 0. The van der Waals surface area contributed by atoms with Crippen LogP contribution in [0.3, 0.4) is 0 Å². The van der Waals surface area contributed by atoms with Crippen molar-refractivity contribution in [2.45, 2.75) is 78.6 Å². The van der Waals surface area contributed by atoms with Gasteiger partial charge in [0.25, 0.3) is 0 Å². The summed E-state index contributed by atoms with van der Waals surface area (Å²) in [5.41, 5.74) is 11.0. The van der Waals surface area contributed by atoms with Crippen LogP contribution >= 0.6 is 0 Å². The topological polar surface area (TPSA) is 46.7 Å². The monoisotopic (exact) mass is 980 g/mol. The van der Waals surface area contributed by atoms with Gasteiger partial charge in [0, 0.05) is 66.4 Å². The smallest absolute Gasteiger partial charge is 0.156 e. The van der Waals surface area contributed by atoms with E-state index in [0.29, 0.717) is 11.5 Å². The predicted molar refractivity (Wildman–Crippen MR) is 248 cm³/mol. The maximum Gasteiger partial charge on any atom is 0.156 e. The Labute approximate surface area is 373 Å². The molecule has 0 radical (unpaired) electrons. The van der Waals surface area contributed by atoms with Gasteiger partial charge in [-0.15, -0.1) is 53.6 Å². The van der Waals surface area contributed by atoms with Crippen LogP contribution in [0.2, 0.25) is 0 Å². The van der Waals surface area contributed by atoms with Crippen LogP contribution in [-0.4, -0.2) is 9.55 Å². The molecule has 9 aromatic rings. The maximum absolute atomic E-state index is 6.82. The van der Waals surface area contributed by atoms with Crippen LogP contribution < -0.4 is 14.5 Å². The van der Waals surface area contributed by atoms with Gasteiger partial charge in [0.2, 0.25) is 0 Å². The number of nitrogens with zero attached hydrogens (tertiary/aromatic N) is 4. The molecular formula is C54H49N4O2Pt-3. The van der Waals surface area contributed by atoms with Crippen LogP contribution in [0.5, 0.6) is 11.5 Å². The van der Waals surface area contributed by atoms with Gasteiger partial charge in [0.1, 0.15) is 11.4 Å². The van der Waals surface area contributed by atoms with E-state index in [1.165, 1.54) is 11.1 Å². The molecule has 0 atom stereocenters. The van der Waals surface area contributed by atoms with Crippen LogP contribution in [0.4, 0.5) is 22.7 Å². The third kappa shape index (κ3) is 7.09. The molecule has 0 N–H and O–H groups in total. The quantitative estimate of drug-likeness (QED) is 0.161. The van der Waals surface area contributed by atoms with Crippen molar-refractivity contribution in [3.05, 3.63) is 163 Å². The third-order valence-electron chi connectivity index (χ3n) is 11.8. The Morgan fingerprint density at radius 2 is 1.21 bits per heavy atom. The zero-order valence-electron chi connectivity index (χ0n) is 36.1. The van der Waals surface area contributed by atoms with E-state index in [4.69, 9.17) is 14.1 Å². The van der Waals surface area contributed by atoms with E-state index in [9.17, 15) is 0 Å². The zero-order valence-corrected chi connectivity index (χ0v) is 38.4. The second-order valence-electron chi connectivity index (χ2n) is 19.1. The number of benzene rings is 6. The molecule has 6 nitrogen and oxygen atoms in total. The minimum atomic E-state index is -0.174. The minimum Gasteiger partial charge on any atom is -0.509 e. The molecule has 0 spiro atoms. The Morgan fingerprint density at radius 3 is 1.95 bits per heavy atom. The average molecular weight is 981 g/mol. The Hall–Kier alpha value is -5.84. The SMILES string of the molecule is CC(C)(C)c1cc(Oc2[c-]c3c(cc2)c2ccccc2n3-c2cc(C(C)(C)C)ccn2)[c-]c(N2[CH-]N(c3cc(C(C)(C)C)cc4c3oc3ccccc34)c3ccccc32)c1.[Pt]. The molecule has 0 saturated carbocycles. The van der Waals surface area contributed by atoms with E-state index in [2.05, 4.69) is 205 Å². The van der Waals surface area contributed by atoms with Crippen molar-refractivity contribution in [2.24, 2.45) is 0 Å². The molecule has 0 unspecified atom stereocenters. The van der Waals surface area contributed by atoms with Gasteiger partial charge < -0.3 is 23.5 Å². The summed E-state index contributed by atoms with van der Waals surface area (Å²) < 4.78 is 15.7. The molecule has 0 aliphatic carbocycles. The second kappa shape index (κ2) is 14.7. The first-order chi connectivity index (χ1) is 28.6. The summed E-state index contributed by atoms with van der Waals surface area (Å²) in [4.78, 5) is 9.35. The molecular weight excluding hydrogens is 932 g/mol. The van der Waals surface area contributed by atoms with Gasteiger partial charge in [-0.2, -0.15) is 6.07 Å². The van der Waals surface area contributed by atoms with Crippen molar-refractivity contribution in [3.63, 3.8) is 0 Å². The average Bonchev–Trinajstić information content (AvgIpc) is 3.89.